The molecule has 2 heterocycles. The van der Waals surface area contributed by atoms with E-state index in [2.05, 4.69) is 28.1 Å². The van der Waals surface area contributed by atoms with Gasteiger partial charge in [-0.3, -0.25) is 4.79 Å². The lowest BCUT2D eigenvalue weighted by Crippen LogP contribution is -2.23. The number of nitrogens with one attached hydrogen (secondary N) is 1. The van der Waals surface area contributed by atoms with Crippen molar-refractivity contribution in [2.24, 2.45) is 0 Å². The van der Waals surface area contributed by atoms with E-state index < -0.39 is 0 Å². The van der Waals surface area contributed by atoms with Gasteiger partial charge in [-0.1, -0.05) is 30.2 Å². The van der Waals surface area contributed by atoms with Crippen LogP contribution in [0.4, 0.5) is 0 Å². The van der Waals surface area contributed by atoms with E-state index in [9.17, 15) is 4.79 Å². The molecule has 1 amide bonds. The highest BCUT2D eigenvalue weighted by molar-refractivity contribution is 6.32. The fourth-order valence-electron chi connectivity index (χ4n) is 4.25. The van der Waals surface area contributed by atoms with Crippen molar-refractivity contribution < 1.29 is 13.9 Å². The van der Waals surface area contributed by atoms with Gasteiger partial charge in [0.15, 0.2) is 5.76 Å². The first-order valence-electron chi connectivity index (χ1n) is 12.2. The van der Waals surface area contributed by atoms with Crippen molar-refractivity contribution in [3.8, 4) is 5.75 Å². The number of furan rings is 1. The van der Waals surface area contributed by atoms with Gasteiger partial charge in [0.25, 0.3) is 5.91 Å². The number of fused-ring (bicyclic) bond motifs is 1. The van der Waals surface area contributed by atoms with Crippen LogP contribution < -0.4 is 10.1 Å². The molecule has 0 atom stereocenters. The fraction of sp³-hybridized carbons (Fsp3) is 0.357. The van der Waals surface area contributed by atoms with Crippen LogP contribution in [0, 0.1) is 13.8 Å². The Morgan fingerprint density at radius 3 is 2.63 bits per heavy atom. The minimum absolute atomic E-state index is 0.164. The molecule has 0 aliphatic rings. The van der Waals surface area contributed by atoms with E-state index in [1.54, 1.807) is 12.1 Å². The third kappa shape index (κ3) is 6.45. The number of para-hydroxylation sites is 2. The molecule has 7 heteroatoms. The van der Waals surface area contributed by atoms with E-state index in [0.29, 0.717) is 18.9 Å². The number of rotatable bonds is 12. The van der Waals surface area contributed by atoms with E-state index >= 15 is 0 Å². The zero-order chi connectivity index (χ0) is 24.6. The molecule has 184 valence electrons. The SMILES string of the molecule is Cc1cc(OCCCn2c(CCCCCNC(=O)c3ccco3)nc3ccccc32)cc(C)c1Cl. The number of unbranched alkanes of at least 4 members (excludes halogenated alkanes) is 2. The van der Waals surface area contributed by atoms with Crippen molar-refractivity contribution in [1.29, 1.82) is 0 Å². The highest BCUT2D eigenvalue weighted by Crippen LogP contribution is 2.26. The third-order valence-electron chi connectivity index (χ3n) is 6.05. The molecule has 2 aromatic heterocycles. The maximum absolute atomic E-state index is 11.9. The molecule has 0 bridgehead atoms. The van der Waals surface area contributed by atoms with Crippen LogP contribution in [0.5, 0.6) is 5.75 Å². The van der Waals surface area contributed by atoms with Gasteiger partial charge in [0.2, 0.25) is 0 Å². The molecule has 0 unspecified atom stereocenters. The highest BCUT2D eigenvalue weighted by Gasteiger charge is 2.11. The summed E-state index contributed by atoms with van der Waals surface area (Å²) in [4.78, 5) is 16.8. The predicted molar refractivity (Wildman–Crippen MR) is 139 cm³/mol. The van der Waals surface area contributed by atoms with E-state index in [-0.39, 0.29) is 5.91 Å². The Bertz CT molecular complexity index is 1240. The van der Waals surface area contributed by atoms with Crippen molar-refractivity contribution in [1.82, 2.24) is 14.9 Å². The topological polar surface area (TPSA) is 69.3 Å². The Hall–Kier alpha value is -3.25. The Kier molecular flexibility index (Phi) is 8.48. The van der Waals surface area contributed by atoms with Crippen molar-refractivity contribution in [3.05, 3.63) is 82.5 Å². The van der Waals surface area contributed by atoms with E-state index in [1.165, 1.54) is 6.26 Å². The minimum Gasteiger partial charge on any atom is -0.494 e. The summed E-state index contributed by atoms with van der Waals surface area (Å²) < 4.78 is 13.4. The molecule has 0 fully saturated rings. The highest BCUT2D eigenvalue weighted by atomic mass is 35.5. The number of imidazole rings is 1. The van der Waals surface area contributed by atoms with Crippen molar-refractivity contribution in [2.45, 2.75) is 52.5 Å². The molecular weight excluding hydrogens is 462 g/mol. The molecular formula is C28H32ClN3O3. The Morgan fingerprint density at radius 2 is 1.86 bits per heavy atom. The van der Waals surface area contributed by atoms with Crippen molar-refractivity contribution in [2.75, 3.05) is 13.2 Å². The van der Waals surface area contributed by atoms with Crippen LogP contribution >= 0.6 is 11.6 Å². The number of carbonyl (C=O) groups is 1. The standard InChI is InChI=1S/C28H32ClN3O3/c1-20-18-22(19-21(2)27(20)29)34-17-9-15-32-24-11-6-5-10-23(24)31-26(32)13-4-3-7-14-30-28(33)25-12-8-16-35-25/h5-6,8,10-12,16,18-19H,3-4,7,9,13-15,17H2,1-2H3,(H,30,33). The van der Waals surface area contributed by atoms with Crippen molar-refractivity contribution in [3.63, 3.8) is 0 Å². The largest absolute Gasteiger partial charge is 0.494 e. The Morgan fingerprint density at radius 1 is 1.06 bits per heavy atom. The molecule has 0 spiro atoms. The maximum Gasteiger partial charge on any atom is 0.286 e. The van der Waals surface area contributed by atoms with Gasteiger partial charge in [-0.2, -0.15) is 0 Å². The molecule has 0 saturated carbocycles. The first-order chi connectivity index (χ1) is 17.0. The number of hydrogen-bond acceptors (Lipinski definition) is 4. The van der Waals surface area contributed by atoms with Gasteiger partial charge in [0, 0.05) is 24.5 Å². The van der Waals surface area contributed by atoms with E-state index in [1.807, 2.05) is 32.0 Å². The zero-order valence-electron chi connectivity index (χ0n) is 20.4. The number of ether oxygens (including phenoxy) is 1. The number of aromatic nitrogens is 2. The summed E-state index contributed by atoms with van der Waals surface area (Å²) in [6.07, 6.45) is 6.23. The molecule has 6 nitrogen and oxygen atoms in total. The minimum atomic E-state index is -0.164. The van der Waals surface area contributed by atoms with Crippen LogP contribution in [0.2, 0.25) is 5.02 Å². The van der Waals surface area contributed by atoms with Gasteiger partial charge in [0.05, 0.1) is 23.9 Å². The molecule has 0 aliphatic heterocycles. The zero-order valence-corrected chi connectivity index (χ0v) is 21.1. The molecule has 0 aliphatic carbocycles. The van der Waals surface area contributed by atoms with Crippen LogP contribution in [0.25, 0.3) is 11.0 Å². The summed E-state index contributed by atoms with van der Waals surface area (Å²) >= 11 is 6.27. The Balaban J connectivity index is 1.27. The van der Waals surface area contributed by atoms with Gasteiger partial charge in [-0.25, -0.2) is 4.98 Å². The normalized spacial score (nSPS) is 11.2. The van der Waals surface area contributed by atoms with Crippen LogP contribution in [0.15, 0.2) is 59.2 Å². The van der Waals surface area contributed by atoms with Crippen LogP contribution in [-0.2, 0) is 13.0 Å². The van der Waals surface area contributed by atoms with Crippen LogP contribution in [0.3, 0.4) is 0 Å². The second-order valence-electron chi connectivity index (χ2n) is 8.79. The lowest BCUT2D eigenvalue weighted by Gasteiger charge is -2.12. The first-order valence-corrected chi connectivity index (χ1v) is 12.6. The molecule has 35 heavy (non-hydrogen) atoms. The van der Waals surface area contributed by atoms with Gasteiger partial charge in [-0.05, 0) is 80.6 Å². The van der Waals surface area contributed by atoms with E-state index in [4.69, 9.17) is 25.7 Å². The second-order valence-corrected chi connectivity index (χ2v) is 9.16. The summed E-state index contributed by atoms with van der Waals surface area (Å²) in [6.45, 7) is 6.11. The van der Waals surface area contributed by atoms with Gasteiger partial charge in [-0.15, -0.1) is 0 Å². The lowest BCUT2D eigenvalue weighted by atomic mass is 10.1. The quantitative estimate of drug-likeness (QED) is 0.228. The summed E-state index contributed by atoms with van der Waals surface area (Å²) in [6, 6.07) is 15.6. The average Bonchev–Trinajstić information content (AvgIpc) is 3.51. The van der Waals surface area contributed by atoms with Gasteiger partial charge < -0.3 is 19.0 Å². The van der Waals surface area contributed by atoms with Gasteiger partial charge in [0.1, 0.15) is 11.6 Å². The molecule has 0 saturated heterocycles. The fourth-order valence-corrected chi connectivity index (χ4v) is 4.36. The lowest BCUT2D eigenvalue weighted by molar-refractivity contribution is 0.0925. The molecule has 1 N–H and O–H groups in total. The van der Waals surface area contributed by atoms with Crippen LogP contribution in [0.1, 0.15) is 53.2 Å². The molecule has 4 rings (SSSR count). The summed E-state index contributed by atoms with van der Waals surface area (Å²) in [5, 5.41) is 3.70. The maximum atomic E-state index is 11.9. The average molecular weight is 494 g/mol. The summed E-state index contributed by atoms with van der Waals surface area (Å²) in [5.74, 6) is 2.15. The molecule has 4 aromatic rings. The van der Waals surface area contributed by atoms with E-state index in [0.717, 1.165) is 77.4 Å². The second kappa shape index (κ2) is 11.9. The Labute approximate surface area is 211 Å². The number of halogens is 1. The summed E-state index contributed by atoms with van der Waals surface area (Å²) in [5.41, 5.74) is 4.25. The predicted octanol–water partition coefficient (Wildman–Crippen LogP) is 6.51. The number of nitrogens with zero attached hydrogens (tertiary/aromatic N) is 2. The van der Waals surface area contributed by atoms with Crippen molar-refractivity contribution >= 4 is 28.5 Å². The summed E-state index contributed by atoms with van der Waals surface area (Å²) in [7, 11) is 0. The number of hydrogen-bond donors (Lipinski definition) is 1. The first kappa shape index (κ1) is 24.9. The van der Waals surface area contributed by atoms with Crippen LogP contribution in [-0.4, -0.2) is 28.6 Å². The third-order valence-corrected chi connectivity index (χ3v) is 6.64. The number of carbonyl (C=O) groups excluding carboxylic acids is 1. The monoisotopic (exact) mass is 493 g/mol. The number of amides is 1. The smallest absolute Gasteiger partial charge is 0.286 e. The van der Waals surface area contributed by atoms with Gasteiger partial charge >= 0.3 is 0 Å². The number of benzene rings is 2. The number of aryl methyl sites for hydroxylation is 4. The molecule has 0 radical (unpaired) electrons. The molecule has 2 aromatic carbocycles.